The number of esters is 1. The largest absolute Gasteiger partial charge is 0.452 e. The van der Waals surface area contributed by atoms with Crippen LogP contribution in [0.3, 0.4) is 0 Å². The average molecular weight is 396 g/mol. The molecular formula is C21H24N4O4. The average Bonchev–Trinajstić information content (AvgIpc) is 2.82. The molecular weight excluding hydrogens is 372 g/mol. The second-order valence-corrected chi connectivity index (χ2v) is 7.03. The molecule has 0 unspecified atom stereocenters. The van der Waals surface area contributed by atoms with Crippen LogP contribution in [-0.2, 0) is 26.2 Å². The minimum Gasteiger partial charge on any atom is -0.452 e. The van der Waals surface area contributed by atoms with Crippen LogP contribution in [0.1, 0.15) is 30.3 Å². The standard InChI is InChI=1S/C21H24N4O4/c1-13-11-19(26)22-17-7-5-6-8-18(17)25(13)20(27)12-29-21(28)10-9-16-14(2)23-24(4)15(16)3/h5-10,13H,11-12H2,1-4H3,(H,22,26)/b10-9+/t13-/m0/s1. The molecule has 1 atom stereocenters. The van der Waals surface area contributed by atoms with Crippen LogP contribution in [-0.4, -0.2) is 40.2 Å². The highest BCUT2D eigenvalue weighted by molar-refractivity contribution is 6.05. The van der Waals surface area contributed by atoms with Gasteiger partial charge in [-0.3, -0.25) is 14.3 Å². The van der Waals surface area contributed by atoms with Gasteiger partial charge in [0, 0.05) is 36.8 Å². The fourth-order valence-corrected chi connectivity index (χ4v) is 3.40. The maximum atomic E-state index is 12.8. The number of hydrogen-bond donors (Lipinski definition) is 1. The monoisotopic (exact) mass is 396 g/mol. The topological polar surface area (TPSA) is 93.5 Å². The molecule has 1 aromatic heterocycles. The van der Waals surface area contributed by atoms with Crippen LogP contribution in [0.5, 0.6) is 0 Å². The predicted octanol–water partition coefficient (Wildman–Crippen LogP) is 2.36. The lowest BCUT2D eigenvalue weighted by atomic mass is 10.1. The van der Waals surface area contributed by atoms with Crippen LogP contribution in [0.4, 0.5) is 11.4 Å². The van der Waals surface area contributed by atoms with Crippen molar-refractivity contribution in [3.05, 3.63) is 47.3 Å². The highest BCUT2D eigenvalue weighted by Gasteiger charge is 2.29. The summed E-state index contributed by atoms with van der Waals surface area (Å²) >= 11 is 0. The lowest BCUT2D eigenvalue weighted by molar-refractivity contribution is -0.143. The lowest BCUT2D eigenvalue weighted by Crippen LogP contribution is -2.41. The molecule has 1 N–H and O–H groups in total. The third-order valence-corrected chi connectivity index (χ3v) is 4.92. The quantitative estimate of drug-likeness (QED) is 0.633. The number of hydrogen-bond acceptors (Lipinski definition) is 5. The smallest absolute Gasteiger partial charge is 0.331 e. The molecule has 0 bridgehead atoms. The van der Waals surface area contributed by atoms with E-state index in [9.17, 15) is 14.4 Å². The van der Waals surface area contributed by atoms with Crippen molar-refractivity contribution in [2.45, 2.75) is 33.2 Å². The highest BCUT2D eigenvalue weighted by Crippen LogP contribution is 2.31. The maximum absolute atomic E-state index is 12.8. The summed E-state index contributed by atoms with van der Waals surface area (Å²) in [5, 5.41) is 7.08. The molecule has 1 aliphatic rings. The van der Waals surface area contributed by atoms with Crippen molar-refractivity contribution in [1.29, 1.82) is 0 Å². The summed E-state index contributed by atoms with van der Waals surface area (Å²) in [7, 11) is 1.83. The molecule has 3 rings (SSSR count). The van der Waals surface area contributed by atoms with E-state index in [2.05, 4.69) is 10.4 Å². The van der Waals surface area contributed by atoms with E-state index < -0.39 is 18.5 Å². The van der Waals surface area contributed by atoms with Gasteiger partial charge in [-0.25, -0.2) is 4.79 Å². The lowest BCUT2D eigenvalue weighted by Gasteiger charge is -2.27. The van der Waals surface area contributed by atoms with Crippen molar-refractivity contribution in [2.24, 2.45) is 7.05 Å². The Kier molecular flexibility index (Phi) is 5.81. The van der Waals surface area contributed by atoms with Crippen LogP contribution in [0, 0.1) is 13.8 Å². The zero-order chi connectivity index (χ0) is 21.1. The number of aryl methyl sites for hydroxylation is 2. The fourth-order valence-electron chi connectivity index (χ4n) is 3.40. The first-order chi connectivity index (χ1) is 13.8. The van der Waals surface area contributed by atoms with Gasteiger partial charge in [0.15, 0.2) is 6.61 Å². The third-order valence-electron chi connectivity index (χ3n) is 4.92. The van der Waals surface area contributed by atoms with E-state index in [0.29, 0.717) is 11.4 Å². The first-order valence-corrected chi connectivity index (χ1v) is 9.34. The molecule has 29 heavy (non-hydrogen) atoms. The third kappa shape index (κ3) is 4.37. The van der Waals surface area contributed by atoms with E-state index in [1.54, 1.807) is 41.9 Å². The number of ether oxygens (including phenoxy) is 1. The Morgan fingerprint density at radius 3 is 2.72 bits per heavy atom. The van der Waals surface area contributed by atoms with E-state index in [-0.39, 0.29) is 18.4 Å². The SMILES string of the molecule is Cc1nn(C)c(C)c1/C=C/C(=O)OCC(=O)N1c2ccccc2NC(=O)C[C@@H]1C. The number of carbonyl (C=O) groups is 3. The number of fused-ring (bicyclic) bond motifs is 1. The van der Waals surface area contributed by atoms with Crippen LogP contribution >= 0.6 is 0 Å². The first kappa shape index (κ1) is 20.3. The summed E-state index contributed by atoms with van der Waals surface area (Å²) in [6, 6.07) is 6.70. The zero-order valence-electron chi connectivity index (χ0n) is 16.9. The number of nitrogens with one attached hydrogen (secondary N) is 1. The van der Waals surface area contributed by atoms with Gasteiger partial charge in [-0.15, -0.1) is 0 Å². The molecule has 152 valence electrons. The Balaban J connectivity index is 1.69. The summed E-state index contributed by atoms with van der Waals surface area (Å²) < 4.78 is 6.88. The van der Waals surface area contributed by atoms with Crippen molar-refractivity contribution in [2.75, 3.05) is 16.8 Å². The molecule has 0 fully saturated rings. The molecule has 0 saturated heterocycles. The molecule has 0 saturated carbocycles. The molecule has 1 aromatic carbocycles. The minimum absolute atomic E-state index is 0.161. The van der Waals surface area contributed by atoms with Crippen LogP contribution < -0.4 is 10.2 Å². The van der Waals surface area contributed by atoms with Gasteiger partial charge >= 0.3 is 5.97 Å². The van der Waals surface area contributed by atoms with Crippen molar-refractivity contribution >= 4 is 35.2 Å². The second-order valence-electron chi connectivity index (χ2n) is 7.03. The number of aromatic nitrogens is 2. The Labute approximate surface area is 169 Å². The second kappa shape index (κ2) is 8.30. The van der Waals surface area contributed by atoms with Gasteiger partial charge in [-0.1, -0.05) is 12.1 Å². The van der Waals surface area contributed by atoms with E-state index >= 15 is 0 Å². The number of amides is 2. The van der Waals surface area contributed by atoms with Crippen molar-refractivity contribution in [3.8, 4) is 0 Å². The number of para-hydroxylation sites is 2. The van der Waals surface area contributed by atoms with E-state index in [1.807, 2.05) is 20.9 Å². The summed E-state index contributed by atoms with van der Waals surface area (Å²) in [6.45, 7) is 5.13. The van der Waals surface area contributed by atoms with Gasteiger partial charge in [0.2, 0.25) is 5.91 Å². The first-order valence-electron chi connectivity index (χ1n) is 9.34. The summed E-state index contributed by atoms with van der Waals surface area (Å²) in [5.41, 5.74) is 3.72. The molecule has 8 nitrogen and oxygen atoms in total. The van der Waals surface area contributed by atoms with E-state index in [0.717, 1.165) is 17.0 Å². The molecule has 2 heterocycles. The van der Waals surface area contributed by atoms with Crippen molar-refractivity contribution < 1.29 is 19.1 Å². The van der Waals surface area contributed by atoms with E-state index in [1.165, 1.54) is 11.0 Å². The number of anilines is 2. The molecule has 0 spiro atoms. The van der Waals surface area contributed by atoms with E-state index in [4.69, 9.17) is 4.74 Å². The zero-order valence-corrected chi connectivity index (χ0v) is 16.9. The van der Waals surface area contributed by atoms with Crippen LogP contribution in [0.25, 0.3) is 6.08 Å². The molecule has 0 radical (unpaired) electrons. The minimum atomic E-state index is -0.619. The number of nitrogens with zero attached hydrogens (tertiary/aromatic N) is 3. The summed E-state index contributed by atoms with van der Waals surface area (Å²) in [5.74, 6) is -1.18. The molecule has 2 amide bonds. The Morgan fingerprint density at radius 2 is 2.03 bits per heavy atom. The van der Waals surface area contributed by atoms with Crippen molar-refractivity contribution in [1.82, 2.24) is 9.78 Å². The molecule has 1 aliphatic heterocycles. The van der Waals surface area contributed by atoms with Gasteiger partial charge in [-0.05, 0) is 39.0 Å². The van der Waals surface area contributed by atoms with Gasteiger partial charge in [0.1, 0.15) is 0 Å². The van der Waals surface area contributed by atoms with Gasteiger partial charge in [0.25, 0.3) is 5.91 Å². The Bertz CT molecular complexity index is 993. The number of benzene rings is 1. The predicted molar refractivity (Wildman–Crippen MR) is 109 cm³/mol. The van der Waals surface area contributed by atoms with Gasteiger partial charge in [-0.2, -0.15) is 5.10 Å². The molecule has 2 aromatic rings. The summed E-state index contributed by atoms with van der Waals surface area (Å²) in [6.07, 6.45) is 3.08. The molecule has 0 aliphatic carbocycles. The van der Waals surface area contributed by atoms with Crippen molar-refractivity contribution in [3.63, 3.8) is 0 Å². The molecule has 8 heteroatoms. The Hall–Kier alpha value is -3.42. The summed E-state index contributed by atoms with van der Waals surface area (Å²) in [4.78, 5) is 38.4. The van der Waals surface area contributed by atoms with Gasteiger partial charge in [0.05, 0.1) is 17.1 Å². The Morgan fingerprint density at radius 1 is 1.31 bits per heavy atom. The highest BCUT2D eigenvalue weighted by atomic mass is 16.5. The maximum Gasteiger partial charge on any atom is 0.331 e. The normalized spacial score (nSPS) is 16.3. The van der Waals surface area contributed by atoms with Crippen LogP contribution in [0.15, 0.2) is 30.3 Å². The number of carbonyl (C=O) groups excluding carboxylic acids is 3. The van der Waals surface area contributed by atoms with Crippen LogP contribution in [0.2, 0.25) is 0 Å². The van der Waals surface area contributed by atoms with Gasteiger partial charge < -0.3 is 15.0 Å². The fraction of sp³-hybridized carbons (Fsp3) is 0.333. The number of rotatable bonds is 4.